The molecule has 0 aliphatic heterocycles. The molecule has 1 aromatic rings. The van der Waals surface area contributed by atoms with Gasteiger partial charge in [0.05, 0.1) is 0 Å². The van der Waals surface area contributed by atoms with Gasteiger partial charge < -0.3 is 8.85 Å². The molecule has 0 saturated carbocycles. The molecule has 0 unspecified atom stereocenters. The van der Waals surface area contributed by atoms with E-state index in [0.717, 1.165) is 31.2 Å². The molecule has 94 valence electrons. The van der Waals surface area contributed by atoms with E-state index in [4.69, 9.17) is 8.85 Å². The summed E-state index contributed by atoms with van der Waals surface area (Å²) in [6.45, 7) is 9.57. The lowest BCUT2D eigenvalue weighted by Crippen LogP contribution is -2.52. The largest absolute Gasteiger partial charge is 0.399 e. The Morgan fingerprint density at radius 3 is 2.00 bits per heavy atom. The lowest BCUT2D eigenvalue weighted by atomic mass is 10.4. The molecule has 1 rings (SSSR count). The van der Waals surface area contributed by atoms with Gasteiger partial charge in [-0.1, -0.05) is 44.2 Å². The first-order chi connectivity index (χ1) is 8.29. The number of hydrogen-bond donors (Lipinski definition) is 0. The third-order valence-electron chi connectivity index (χ3n) is 2.49. The molecule has 3 heteroatoms. The Bertz CT molecular complexity index is 316. The van der Waals surface area contributed by atoms with E-state index in [1.54, 1.807) is 0 Å². The van der Waals surface area contributed by atoms with Crippen LogP contribution < -0.4 is 5.19 Å². The zero-order valence-electron chi connectivity index (χ0n) is 10.8. The van der Waals surface area contributed by atoms with Crippen LogP contribution in [0.4, 0.5) is 0 Å². The minimum Gasteiger partial charge on any atom is -0.388 e. The predicted molar refractivity (Wildman–Crippen MR) is 74.5 cm³/mol. The van der Waals surface area contributed by atoms with Gasteiger partial charge in [0.15, 0.2) is 0 Å². The summed E-state index contributed by atoms with van der Waals surface area (Å²) in [4.78, 5) is 0. The normalized spacial score (nSPS) is 11.4. The van der Waals surface area contributed by atoms with Crippen LogP contribution in [0.5, 0.6) is 0 Å². The molecule has 0 spiro atoms. The first kappa shape index (κ1) is 14.2. The van der Waals surface area contributed by atoms with Gasteiger partial charge in [-0.3, -0.25) is 0 Å². The second kappa shape index (κ2) is 7.43. The Kier molecular flexibility index (Phi) is 6.19. The molecule has 0 aliphatic carbocycles. The van der Waals surface area contributed by atoms with Crippen molar-refractivity contribution < 1.29 is 8.85 Å². The molecule has 0 aromatic heterocycles. The molecule has 2 nitrogen and oxygen atoms in total. The Morgan fingerprint density at radius 2 is 1.59 bits per heavy atom. The second-order valence-electron chi connectivity index (χ2n) is 3.93. The maximum atomic E-state index is 6.01. The van der Waals surface area contributed by atoms with Gasteiger partial charge in [0.2, 0.25) is 0 Å². The lowest BCUT2D eigenvalue weighted by molar-refractivity contribution is 0.190. The van der Waals surface area contributed by atoms with E-state index < -0.39 is 8.56 Å². The van der Waals surface area contributed by atoms with E-state index in [1.165, 1.54) is 0 Å². The molecule has 0 atom stereocenters. The van der Waals surface area contributed by atoms with Crippen LogP contribution in [0.2, 0.25) is 0 Å². The standard InChI is InChI=1S/C14H22O2Si/c1-4-12-15-17(6-3,16-13-5-2)14-10-8-7-9-11-14/h6-11H,3-5,12-13H2,1-2H3. The van der Waals surface area contributed by atoms with Crippen molar-refractivity contribution in [3.05, 3.63) is 42.6 Å². The molecular formula is C14H22O2Si. The zero-order chi connectivity index (χ0) is 12.6. The van der Waals surface area contributed by atoms with E-state index in [-0.39, 0.29) is 0 Å². The number of rotatable bonds is 8. The van der Waals surface area contributed by atoms with Crippen LogP contribution in [-0.4, -0.2) is 21.8 Å². The average Bonchev–Trinajstić information content (AvgIpc) is 2.41. The smallest absolute Gasteiger partial charge is 0.388 e. The van der Waals surface area contributed by atoms with Gasteiger partial charge in [-0.25, -0.2) is 0 Å². The molecule has 0 heterocycles. The monoisotopic (exact) mass is 250 g/mol. The SMILES string of the molecule is C=C[Si](OCCC)(OCCC)c1ccccc1. The highest BCUT2D eigenvalue weighted by Crippen LogP contribution is 2.11. The lowest BCUT2D eigenvalue weighted by Gasteiger charge is -2.27. The van der Waals surface area contributed by atoms with Crippen molar-refractivity contribution in [2.45, 2.75) is 26.7 Å². The quantitative estimate of drug-likeness (QED) is 0.661. The summed E-state index contributed by atoms with van der Waals surface area (Å²) in [5.74, 6) is 0. The Balaban J connectivity index is 2.93. The zero-order valence-corrected chi connectivity index (χ0v) is 11.8. The van der Waals surface area contributed by atoms with Crippen LogP contribution in [0.15, 0.2) is 42.6 Å². The van der Waals surface area contributed by atoms with Crippen LogP contribution in [0.3, 0.4) is 0 Å². The van der Waals surface area contributed by atoms with Crippen molar-refractivity contribution in [3.8, 4) is 0 Å². The van der Waals surface area contributed by atoms with E-state index >= 15 is 0 Å². The van der Waals surface area contributed by atoms with Crippen LogP contribution in [0.1, 0.15) is 26.7 Å². The van der Waals surface area contributed by atoms with E-state index in [2.05, 4.69) is 32.6 Å². The molecule has 1 aromatic carbocycles. The molecule has 0 radical (unpaired) electrons. The van der Waals surface area contributed by atoms with Crippen LogP contribution >= 0.6 is 0 Å². The highest BCUT2D eigenvalue weighted by atomic mass is 28.4. The molecule has 0 saturated heterocycles. The topological polar surface area (TPSA) is 18.5 Å². The van der Waals surface area contributed by atoms with Gasteiger partial charge in [0.25, 0.3) is 0 Å². The summed E-state index contributed by atoms with van der Waals surface area (Å²) < 4.78 is 12.0. The molecular weight excluding hydrogens is 228 g/mol. The Hall–Kier alpha value is -0.903. The van der Waals surface area contributed by atoms with Crippen LogP contribution in [-0.2, 0) is 8.85 Å². The highest BCUT2D eigenvalue weighted by Gasteiger charge is 2.36. The molecule has 0 amide bonds. The summed E-state index contributed by atoms with van der Waals surface area (Å²) in [7, 11) is -2.42. The second-order valence-corrected chi connectivity index (χ2v) is 6.83. The summed E-state index contributed by atoms with van der Waals surface area (Å²) in [5.41, 5.74) is 1.88. The summed E-state index contributed by atoms with van der Waals surface area (Å²) in [5, 5.41) is 1.14. The van der Waals surface area contributed by atoms with Gasteiger partial charge in [-0.15, -0.1) is 6.58 Å². The van der Waals surface area contributed by atoms with Crippen molar-refractivity contribution in [2.24, 2.45) is 0 Å². The van der Waals surface area contributed by atoms with Gasteiger partial charge in [-0.2, -0.15) is 0 Å². The number of hydrogen-bond acceptors (Lipinski definition) is 2. The molecule has 0 N–H and O–H groups in total. The van der Waals surface area contributed by atoms with Crippen molar-refractivity contribution >= 4 is 13.7 Å². The fourth-order valence-electron chi connectivity index (χ4n) is 1.62. The number of benzene rings is 1. The minimum atomic E-state index is -2.42. The third-order valence-corrected chi connectivity index (χ3v) is 5.43. The van der Waals surface area contributed by atoms with E-state index in [9.17, 15) is 0 Å². The first-order valence-corrected chi connectivity index (χ1v) is 8.15. The van der Waals surface area contributed by atoms with Crippen LogP contribution in [0.25, 0.3) is 0 Å². The van der Waals surface area contributed by atoms with Gasteiger partial charge >= 0.3 is 8.56 Å². The maximum absolute atomic E-state index is 6.01. The van der Waals surface area contributed by atoms with Crippen LogP contribution in [0, 0.1) is 0 Å². The van der Waals surface area contributed by atoms with Crippen molar-refractivity contribution in [3.63, 3.8) is 0 Å². The van der Waals surface area contributed by atoms with Crippen molar-refractivity contribution in [1.82, 2.24) is 0 Å². The fraction of sp³-hybridized carbons (Fsp3) is 0.429. The third kappa shape index (κ3) is 3.80. The van der Waals surface area contributed by atoms with Crippen molar-refractivity contribution in [2.75, 3.05) is 13.2 Å². The highest BCUT2D eigenvalue weighted by molar-refractivity contribution is 6.85. The fourth-order valence-corrected chi connectivity index (χ4v) is 4.18. The van der Waals surface area contributed by atoms with Crippen molar-refractivity contribution in [1.29, 1.82) is 0 Å². The van der Waals surface area contributed by atoms with E-state index in [0.29, 0.717) is 0 Å². The summed E-state index contributed by atoms with van der Waals surface area (Å²) in [6.07, 6.45) is 1.98. The van der Waals surface area contributed by atoms with E-state index in [1.807, 2.05) is 23.9 Å². The maximum Gasteiger partial charge on any atom is 0.399 e. The molecule has 0 bridgehead atoms. The average molecular weight is 250 g/mol. The van der Waals surface area contributed by atoms with Gasteiger partial charge in [0.1, 0.15) is 0 Å². The molecule has 17 heavy (non-hydrogen) atoms. The molecule has 0 fully saturated rings. The minimum absolute atomic E-state index is 0.719. The van der Waals surface area contributed by atoms with Gasteiger partial charge in [-0.05, 0) is 23.7 Å². The first-order valence-electron chi connectivity index (χ1n) is 6.26. The van der Waals surface area contributed by atoms with Gasteiger partial charge in [0, 0.05) is 13.2 Å². The molecule has 0 aliphatic rings. The predicted octanol–water partition coefficient (Wildman–Crippen LogP) is 2.91. The Labute approximate surface area is 106 Å². The Morgan fingerprint density at radius 1 is 1.06 bits per heavy atom. The summed E-state index contributed by atoms with van der Waals surface area (Å²) >= 11 is 0. The summed E-state index contributed by atoms with van der Waals surface area (Å²) in [6, 6.07) is 10.2.